The minimum Gasteiger partial charge on any atom is -0.464 e. The predicted octanol–water partition coefficient (Wildman–Crippen LogP) is 0.367. The first-order valence-corrected chi connectivity index (χ1v) is 12.1. The minimum absolute atomic E-state index is 0.0379. The van der Waals surface area contributed by atoms with Gasteiger partial charge in [-0.15, -0.1) is 0 Å². The molecule has 0 saturated carbocycles. The molecular formula is C23H32N4O8S. The lowest BCUT2D eigenvalue weighted by Gasteiger charge is -2.19. The number of alkyl carbamates (subject to hydrolysis) is 1. The summed E-state index contributed by atoms with van der Waals surface area (Å²) in [5.41, 5.74) is -0.135. The SMILES string of the molecule is CC(C)(C)OC(=O)NCCCOC(=O)CNC(=O)CNC(=O)CNC(=O)CSC(=O)c1ccccc1. The van der Waals surface area contributed by atoms with Crippen LogP contribution in [0.3, 0.4) is 0 Å². The van der Waals surface area contributed by atoms with E-state index in [2.05, 4.69) is 21.3 Å². The van der Waals surface area contributed by atoms with Crippen LogP contribution in [0, 0.1) is 0 Å². The normalized spacial score (nSPS) is 10.5. The summed E-state index contributed by atoms with van der Waals surface area (Å²) in [6, 6.07) is 8.48. The molecule has 198 valence electrons. The molecule has 0 heterocycles. The van der Waals surface area contributed by atoms with Gasteiger partial charge >= 0.3 is 12.1 Å². The topological polar surface area (TPSA) is 169 Å². The van der Waals surface area contributed by atoms with Gasteiger partial charge in [-0.25, -0.2) is 4.79 Å². The summed E-state index contributed by atoms with van der Waals surface area (Å²) in [5, 5.41) is 9.20. The zero-order chi connectivity index (χ0) is 27.0. The molecule has 0 aliphatic heterocycles. The molecule has 0 fully saturated rings. The summed E-state index contributed by atoms with van der Waals surface area (Å²) in [4.78, 5) is 70.3. The van der Waals surface area contributed by atoms with Crippen molar-refractivity contribution in [2.45, 2.75) is 32.8 Å². The fourth-order valence-electron chi connectivity index (χ4n) is 2.31. The predicted molar refractivity (Wildman–Crippen MR) is 132 cm³/mol. The molecular weight excluding hydrogens is 492 g/mol. The van der Waals surface area contributed by atoms with E-state index in [0.717, 1.165) is 11.8 Å². The Bertz CT molecular complexity index is 918. The highest BCUT2D eigenvalue weighted by Crippen LogP contribution is 2.11. The van der Waals surface area contributed by atoms with Crippen molar-refractivity contribution in [1.29, 1.82) is 0 Å². The zero-order valence-corrected chi connectivity index (χ0v) is 21.3. The molecule has 12 nitrogen and oxygen atoms in total. The molecule has 1 rings (SSSR count). The van der Waals surface area contributed by atoms with Gasteiger partial charge in [0.05, 0.1) is 25.4 Å². The van der Waals surface area contributed by atoms with Gasteiger partial charge in [0.15, 0.2) is 0 Å². The highest BCUT2D eigenvalue weighted by atomic mass is 32.2. The summed E-state index contributed by atoms with van der Waals surface area (Å²) in [6.45, 7) is 4.35. The molecule has 4 N–H and O–H groups in total. The van der Waals surface area contributed by atoms with Crippen LogP contribution in [0.15, 0.2) is 30.3 Å². The molecule has 0 saturated heterocycles. The summed E-state index contributed by atoms with van der Waals surface area (Å²) in [6.07, 6.45) is -0.209. The maximum absolute atomic E-state index is 11.9. The van der Waals surface area contributed by atoms with Crippen LogP contribution in [0.4, 0.5) is 4.79 Å². The Labute approximate surface area is 213 Å². The van der Waals surface area contributed by atoms with Crippen molar-refractivity contribution in [2.24, 2.45) is 0 Å². The van der Waals surface area contributed by atoms with E-state index in [1.165, 1.54) is 0 Å². The Morgan fingerprint density at radius 3 is 2.00 bits per heavy atom. The first-order chi connectivity index (χ1) is 17.0. The van der Waals surface area contributed by atoms with Crippen molar-refractivity contribution >= 4 is 46.7 Å². The molecule has 0 aliphatic rings. The van der Waals surface area contributed by atoms with E-state index in [-0.39, 0.29) is 30.6 Å². The molecule has 0 unspecified atom stereocenters. The van der Waals surface area contributed by atoms with Crippen molar-refractivity contribution in [2.75, 3.05) is 38.5 Å². The van der Waals surface area contributed by atoms with E-state index in [9.17, 15) is 28.8 Å². The first kappa shape index (κ1) is 30.4. The van der Waals surface area contributed by atoms with Gasteiger partial charge in [0, 0.05) is 12.1 Å². The van der Waals surface area contributed by atoms with E-state index in [0.29, 0.717) is 12.0 Å². The van der Waals surface area contributed by atoms with Gasteiger partial charge < -0.3 is 30.7 Å². The fourth-order valence-corrected chi connectivity index (χ4v) is 2.97. The Morgan fingerprint density at radius 1 is 0.806 bits per heavy atom. The summed E-state index contributed by atoms with van der Waals surface area (Å²) >= 11 is 0.813. The maximum Gasteiger partial charge on any atom is 0.407 e. The van der Waals surface area contributed by atoms with Gasteiger partial charge in [0.2, 0.25) is 22.8 Å². The molecule has 0 atom stereocenters. The van der Waals surface area contributed by atoms with Crippen LogP contribution in [-0.4, -0.2) is 79.0 Å². The lowest BCUT2D eigenvalue weighted by Crippen LogP contribution is -2.43. The summed E-state index contributed by atoms with van der Waals surface area (Å²) in [5.74, 6) is -2.57. The third-order valence-corrected chi connectivity index (χ3v) is 4.82. The monoisotopic (exact) mass is 524 g/mol. The van der Waals surface area contributed by atoms with Gasteiger partial charge in [0.1, 0.15) is 12.1 Å². The van der Waals surface area contributed by atoms with Crippen molar-refractivity contribution in [1.82, 2.24) is 21.3 Å². The van der Waals surface area contributed by atoms with Crippen LogP contribution < -0.4 is 21.3 Å². The van der Waals surface area contributed by atoms with Crippen LogP contribution in [0.2, 0.25) is 0 Å². The average molecular weight is 525 g/mol. The second kappa shape index (κ2) is 16.1. The third-order valence-electron chi connectivity index (χ3n) is 3.92. The summed E-state index contributed by atoms with van der Waals surface area (Å²) in [7, 11) is 0. The van der Waals surface area contributed by atoms with E-state index < -0.39 is 48.5 Å². The number of benzene rings is 1. The van der Waals surface area contributed by atoms with Gasteiger partial charge in [-0.1, -0.05) is 42.1 Å². The standard InChI is InChI=1S/C23H32N4O8S/c1-23(2,3)35-22(33)24-10-7-11-34-20(31)14-27-18(29)12-25-17(28)13-26-19(30)15-36-21(32)16-8-5-4-6-9-16/h4-6,8-9H,7,10-15H2,1-3H3,(H,24,33)(H,25,28)(H,26,30)(H,27,29). The van der Waals surface area contributed by atoms with Crippen LogP contribution in [0.1, 0.15) is 37.6 Å². The molecule has 0 bridgehead atoms. The maximum atomic E-state index is 11.9. The van der Waals surface area contributed by atoms with Crippen LogP contribution >= 0.6 is 11.8 Å². The lowest BCUT2D eigenvalue weighted by molar-refractivity contribution is -0.143. The fraction of sp³-hybridized carbons (Fsp3) is 0.478. The third kappa shape index (κ3) is 15.3. The van der Waals surface area contributed by atoms with E-state index in [4.69, 9.17) is 9.47 Å². The molecule has 36 heavy (non-hydrogen) atoms. The number of rotatable bonds is 13. The Balaban J connectivity index is 2.08. The highest BCUT2D eigenvalue weighted by Gasteiger charge is 2.15. The van der Waals surface area contributed by atoms with Gasteiger partial charge in [0.25, 0.3) is 0 Å². The number of carbonyl (C=O) groups excluding carboxylic acids is 6. The van der Waals surface area contributed by atoms with Crippen molar-refractivity contribution < 1.29 is 38.2 Å². The molecule has 1 aromatic carbocycles. The highest BCUT2D eigenvalue weighted by molar-refractivity contribution is 8.14. The average Bonchev–Trinajstić information content (AvgIpc) is 2.82. The number of amides is 4. The largest absolute Gasteiger partial charge is 0.464 e. The van der Waals surface area contributed by atoms with Crippen LogP contribution in [0.25, 0.3) is 0 Å². The number of hydrogen-bond acceptors (Lipinski definition) is 9. The first-order valence-electron chi connectivity index (χ1n) is 11.1. The zero-order valence-electron chi connectivity index (χ0n) is 20.5. The van der Waals surface area contributed by atoms with Crippen molar-refractivity contribution in [3.63, 3.8) is 0 Å². The second-order valence-electron chi connectivity index (χ2n) is 8.28. The Hall–Kier alpha value is -3.61. The van der Waals surface area contributed by atoms with Gasteiger partial charge in [-0.2, -0.15) is 0 Å². The number of esters is 1. The minimum atomic E-state index is -0.679. The van der Waals surface area contributed by atoms with Crippen molar-refractivity contribution in [3.05, 3.63) is 35.9 Å². The van der Waals surface area contributed by atoms with E-state index in [1.807, 2.05) is 0 Å². The van der Waals surface area contributed by atoms with Gasteiger partial charge in [-0.3, -0.25) is 24.0 Å². The molecule has 0 aromatic heterocycles. The van der Waals surface area contributed by atoms with E-state index >= 15 is 0 Å². The Kier molecular flexibility index (Phi) is 13.6. The molecule has 1 aromatic rings. The molecule has 4 amide bonds. The quantitative estimate of drug-likeness (QED) is 0.210. The molecule has 13 heteroatoms. The van der Waals surface area contributed by atoms with Crippen LogP contribution in [0.5, 0.6) is 0 Å². The summed E-state index contributed by atoms with van der Waals surface area (Å²) < 4.78 is 9.99. The molecule has 0 spiro atoms. The van der Waals surface area contributed by atoms with E-state index in [1.54, 1.807) is 51.1 Å². The Morgan fingerprint density at radius 2 is 1.39 bits per heavy atom. The number of ether oxygens (including phenoxy) is 2. The second-order valence-corrected chi connectivity index (χ2v) is 9.22. The molecule has 0 aliphatic carbocycles. The number of carbonyl (C=O) groups is 6. The number of thioether (sulfide) groups is 1. The molecule has 0 radical (unpaired) electrons. The smallest absolute Gasteiger partial charge is 0.407 e. The number of hydrogen-bond donors (Lipinski definition) is 4. The lowest BCUT2D eigenvalue weighted by atomic mass is 10.2. The van der Waals surface area contributed by atoms with Crippen LogP contribution in [-0.2, 0) is 28.7 Å². The number of nitrogens with one attached hydrogen (secondary N) is 4. The van der Waals surface area contributed by atoms with Crippen molar-refractivity contribution in [3.8, 4) is 0 Å². The van der Waals surface area contributed by atoms with Gasteiger partial charge in [-0.05, 0) is 27.2 Å².